The summed E-state index contributed by atoms with van der Waals surface area (Å²) in [4.78, 5) is 12.0. The summed E-state index contributed by atoms with van der Waals surface area (Å²) in [6.45, 7) is 4.13. The fraction of sp³-hybridized carbons (Fsp3) is 0.208. The van der Waals surface area contributed by atoms with Gasteiger partial charge in [0.25, 0.3) is 5.91 Å². The van der Waals surface area contributed by atoms with Gasteiger partial charge in [-0.3, -0.25) is 4.79 Å². The molecule has 8 nitrogen and oxygen atoms in total. The SMILES string of the molecule is Cc1ccccc1COc1ccc2ccccc2c1CNCCNC(=O)c1nonc1N. The molecule has 4 rings (SSSR count). The number of aryl methyl sites for hydroxylation is 1. The van der Waals surface area contributed by atoms with Gasteiger partial charge in [0, 0.05) is 25.2 Å². The third kappa shape index (κ3) is 4.87. The van der Waals surface area contributed by atoms with E-state index in [9.17, 15) is 4.79 Å². The second kappa shape index (κ2) is 9.93. The van der Waals surface area contributed by atoms with Crippen molar-refractivity contribution in [3.63, 3.8) is 0 Å². The number of carbonyl (C=O) groups excluding carboxylic acids is 1. The van der Waals surface area contributed by atoms with Crippen LogP contribution in [0.2, 0.25) is 0 Å². The number of amides is 1. The lowest BCUT2D eigenvalue weighted by molar-refractivity contribution is 0.0944. The zero-order valence-corrected chi connectivity index (χ0v) is 17.8. The van der Waals surface area contributed by atoms with Gasteiger partial charge in [0.2, 0.25) is 11.5 Å². The van der Waals surface area contributed by atoms with Crippen LogP contribution in [0.25, 0.3) is 10.8 Å². The van der Waals surface area contributed by atoms with Gasteiger partial charge in [-0.1, -0.05) is 54.6 Å². The van der Waals surface area contributed by atoms with Gasteiger partial charge in [0.05, 0.1) is 0 Å². The normalized spacial score (nSPS) is 10.9. The lowest BCUT2D eigenvalue weighted by Gasteiger charge is -2.16. The monoisotopic (exact) mass is 431 g/mol. The van der Waals surface area contributed by atoms with Crippen molar-refractivity contribution in [3.8, 4) is 5.75 Å². The topological polar surface area (TPSA) is 115 Å². The molecule has 0 aliphatic rings. The van der Waals surface area contributed by atoms with Gasteiger partial charge in [-0.05, 0) is 45.2 Å². The van der Waals surface area contributed by atoms with Gasteiger partial charge in [-0.25, -0.2) is 4.63 Å². The number of anilines is 1. The molecule has 0 bridgehead atoms. The average Bonchev–Trinajstić information content (AvgIpc) is 3.24. The van der Waals surface area contributed by atoms with E-state index in [1.54, 1.807) is 0 Å². The quantitative estimate of drug-likeness (QED) is 0.349. The Morgan fingerprint density at radius 1 is 1.03 bits per heavy atom. The van der Waals surface area contributed by atoms with Crippen LogP contribution in [0, 0.1) is 6.92 Å². The fourth-order valence-corrected chi connectivity index (χ4v) is 3.48. The molecular weight excluding hydrogens is 406 g/mol. The Labute approximate surface area is 185 Å². The van der Waals surface area contributed by atoms with Crippen molar-refractivity contribution in [2.45, 2.75) is 20.1 Å². The number of aromatic nitrogens is 2. The highest BCUT2D eigenvalue weighted by Gasteiger charge is 2.15. The summed E-state index contributed by atoms with van der Waals surface area (Å²) < 4.78 is 10.7. The first-order valence-electron chi connectivity index (χ1n) is 10.4. The van der Waals surface area contributed by atoms with Crippen LogP contribution < -0.4 is 21.1 Å². The molecular formula is C24H25N5O3. The number of hydrogen-bond acceptors (Lipinski definition) is 7. The van der Waals surface area contributed by atoms with Crippen LogP contribution in [0.15, 0.2) is 65.3 Å². The number of ether oxygens (including phenoxy) is 1. The molecule has 164 valence electrons. The van der Waals surface area contributed by atoms with Gasteiger partial charge >= 0.3 is 0 Å². The first-order valence-corrected chi connectivity index (χ1v) is 10.4. The van der Waals surface area contributed by atoms with Crippen molar-refractivity contribution in [2.75, 3.05) is 18.8 Å². The standard InChI is InChI=1S/C24H25N5O3/c1-16-6-2-3-8-18(16)15-31-21-11-10-17-7-4-5-9-19(17)20(21)14-26-12-13-27-24(30)22-23(25)29-32-28-22/h2-11,26H,12-15H2,1H3,(H2,25,29)(H,27,30). The predicted molar refractivity (Wildman–Crippen MR) is 122 cm³/mol. The molecule has 1 heterocycles. The Morgan fingerprint density at radius 2 is 1.84 bits per heavy atom. The fourth-order valence-electron chi connectivity index (χ4n) is 3.48. The zero-order chi connectivity index (χ0) is 22.3. The molecule has 8 heteroatoms. The molecule has 0 spiro atoms. The molecule has 4 aromatic rings. The number of nitrogens with two attached hydrogens (primary N) is 1. The summed E-state index contributed by atoms with van der Waals surface area (Å²) in [5.41, 5.74) is 8.96. The lowest BCUT2D eigenvalue weighted by atomic mass is 10.0. The molecule has 0 atom stereocenters. The molecule has 1 aromatic heterocycles. The van der Waals surface area contributed by atoms with E-state index >= 15 is 0 Å². The van der Waals surface area contributed by atoms with Gasteiger partial charge in [-0.15, -0.1) is 0 Å². The first kappa shape index (κ1) is 21.3. The third-order valence-corrected chi connectivity index (χ3v) is 5.26. The van der Waals surface area contributed by atoms with E-state index in [1.165, 1.54) is 5.56 Å². The number of rotatable bonds is 9. The minimum absolute atomic E-state index is 0.00838. The Hall–Kier alpha value is -3.91. The van der Waals surface area contributed by atoms with Crippen molar-refractivity contribution < 1.29 is 14.2 Å². The Kier molecular flexibility index (Phi) is 6.62. The molecule has 3 aromatic carbocycles. The minimum Gasteiger partial charge on any atom is -0.489 e. The largest absolute Gasteiger partial charge is 0.489 e. The van der Waals surface area contributed by atoms with Crippen LogP contribution in [-0.2, 0) is 13.2 Å². The molecule has 0 saturated heterocycles. The highest BCUT2D eigenvalue weighted by Crippen LogP contribution is 2.29. The van der Waals surface area contributed by atoms with Crippen molar-refractivity contribution in [3.05, 3.63) is 83.0 Å². The number of benzene rings is 3. The van der Waals surface area contributed by atoms with Gasteiger partial charge in [0.1, 0.15) is 12.4 Å². The number of hydrogen-bond donors (Lipinski definition) is 3. The van der Waals surface area contributed by atoms with Crippen molar-refractivity contribution in [1.82, 2.24) is 20.9 Å². The molecule has 0 unspecified atom stereocenters. The highest BCUT2D eigenvalue weighted by molar-refractivity contribution is 5.95. The van der Waals surface area contributed by atoms with Gasteiger partial charge in [-0.2, -0.15) is 0 Å². The number of nitrogens with zero attached hydrogens (tertiary/aromatic N) is 2. The molecule has 0 aliphatic carbocycles. The van der Waals surface area contributed by atoms with E-state index in [-0.39, 0.29) is 11.5 Å². The maximum Gasteiger partial charge on any atom is 0.277 e. The summed E-state index contributed by atoms with van der Waals surface area (Å²) in [6, 6.07) is 20.5. The summed E-state index contributed by atoms with van der Waals surface area (Å²) >= 11 is 0. The number of nitrogens with one attached hydrogen (secondary N) is 2. The van der Waals surface area contributed by atoms with Crippen molar-refractivity contribution in [1.29, 1.82) is 0 Å². The molecule has 32 heavy (non-hydrogen) atoms. The van der Waals surface area contributed by atoms with Crippen LogP contribution in [0.1, 0.15) is 27.2 Å². The second-order valence-electron chi connectivity index (χ2n) is 7.41. The molecule has 0 fully saturated rings. The maximum atomic E-state index is 12.0. The van der Waals surface area contributed by atoms with Crippen LogP contribution in [0.5, 0.6) is 5.75 Å². The number of fused-ring (bicyclic) bond motifs is 1. The van der Waals surface area contributed by atoms with Crippen LogP contribution in [0.3, 0.4) is 0 Å². The van der Waals surface area contributed by atoms with E-state index in [1.807, 2.05) is 30.3 Å². The van der Waals surface area contributed by atoms with Gasteiger partial charge < -0.3 is 21.1 Å². The minimum atomic E-state index is -0.419. The van der Waals surface area contributed by atoms with E-state index in [0.717, 1.165) is 27.6 Å². The first-order chi connectivity index (χ1) is 15.6. The number of nitrogen functional groups attached to an aromatic ring is 1. The van der Waals surface area contributed by atoms with Crippen molar-refractivity contribution in [2.24, 2.45) is 0 Å². The van der Waals surface area contributed by atoms with E-state index in [0.29, 0.717) is 26.2 Å². The van der Waals surface area contributed by atoms with Gasteiger partial charge in [0.15, 0.2) is 0 Å². The molecule has 0 radical (unpaired) electrons. The Morgan fingerprint density at radius 3 is 2.66 bits per heavy atom. The molecule has 1 amide bonds. The summed E-state index contributed by atoms with van der Waals surface area (Å²) in [5, 5.41) is 15.3. The Balaban J connectivity index is 1.41. The van der Waals surface area contributed by atoms with E-state index in [2.05, 4.69) is 62.8 Å². The third-order valence-electron chi connectivity index (χ3n) is 5.26. The van der Waals surface area contributed by atoms with Crippen molar-refractivity contribution >= 4 is 22.5 Å². The summed E-state index contributed by atoms with van der Waals surface area (Å²) in [6.07, 6.45) is 0. The molecule has 0 saturated carbocycles. The van der Waals surface area contributed by atoms with Crippen LogP contribution >= 0.6 is 0 Å². The van der Waals surface area contributed by atoms with E-state index in [4.69, 9.17) is 10.5 Å². The Bertz CT molecular complexity index is 1220. The zero-order valence-electron chi connectivity index (χ0n) is 17.8. The lowest BCUT2D eigenvalue weighted by Crippen LogP contribution is -2.32. The highest BCUT2D eigenvalue weighted by atomic mass is 16.6. The van der Waals surface area contributed by atoms with Crippen LogP contribution in [0.4, 0.5) is 5.82 Å². The predicted octanol–water partition coefficient (Wildman–Crippen LogP) is 3.21. The molecule has 4 N–H and O–H groups in total. The number of carbonyl (C=O) groups is 1. The average molecular weight is 431 g/mol. The van der Waals surface area contributed by atoms with Crippen LogP contribution in [-0.4, -0.2) is 29.3 Å². The molecule has 0 aliphatic heterocycles. The summed E-state index contributed by atoms with van der Waals surface area (Å²) in [7, 11) is 0. The summed E-state index contributed by atoms with van der Waals surface area (Å²) in [5.74, 6) is 0.393. The second-order valence-corrected chi connectivity index (χ2v) is 7.41. The van der Waals surface area contributed by atoms with E-state index < -0.39 is 5.91 Å². The maximum absolute atomic E-state index is 12.0. The smallest absolute Gasteiger partial charge is 0.277 e.